The van der Waals surface area contributed by atoms with Gasteiger partial charge in [-0.2, -0.15) is 8.42 Å². The summed E-state index contributed by atoms with van der Waals surface area (Å²) >= 11 is 0. The highest BCUT2D eigenvalue weighted by molar-refractivity contribution is 7.86. The summed E-state index contributed by atoms with van der Waals surface area (Å²) in [5.74, 6) is -3.08. The number of methoxy groups -OCH3 is 2. The van der Waals surface area contributed by atoms with Crippen LogP contribution in [0.15, 0.2) is 29.2 Å². The predicted molar refractivity (Wildman–Crippen MR) is 95.3 cm³/mol. The number of esters is 2. The summed E-state index contributed by atoms with van der Waals surface area (Å²) in [4.78, 5) is 35.3. The Morgan fingerprint density at radius 1 is 1.00 bits per heavy atom. The third-order valence-electron chi connectivity index (χ3n) is 3.92. The average Bonchev–Trinajstić information content (AvgIpc) is 2.63. The number of carbonyl (C=O) groups excluding carboxylic acids is 3. The molecule has 0 amide bonds. The van der Waals surface area contributed by atoms with Crippen molar-refractivity contribution in [1.29, 1.82) is 0 Å². The maximum Gasteiger partial charge on any atom is 0.320 e. The first-order valence-electron chi connectivity index (χ1n) is 8.30. The maximum atomic E-state index is 12.2. The molecule has 0 saturated carbocycles. The fourth-order valence-corrected chi connectivity index (χ4v) is 3.37. The molecule has 1 aromatic rings. The zero-order valence-electron chi connectivity index (χ0n) is 15.8. The molecule has 0 fully saturated rings. The molecule has 0 aliphatic heterocycles. The van der Waals surface area contributed by atoms with E-state index in [9.17, 15) is 22.8 Å². The Balaban J connectivity index is 2.62. The smallest absolute Gasteiger partial charge is 0.320 e. The van der Waals surface area contributed by atoms with Gasteiger partial charge in [0.15, 0.2) is 11.7 Å². The van der Waals surface area contributed by atoms with Crippen molar-refractivity contribution < 1.29 is 36.5 Å². The van der Waals surface area contributed by atoms with Crippen LogP contribution in [0.5, 0.6) is 0 Å². The van der Waals surface area contributed by atoms with Crippen molar-refractivity contribution in [2.45, 2.75) is 44.1 Å². The van der Waals surface area contributed by atoms with Gasteiger partial charge in [0.25, 0.3) is 10.1 Å². The lowest BCUT2D eigenvalue weighted by molar-refractivity contribution is -0.159. The third kappa shape index (κ3) is 6.76. The van der Waals surface area contributed by atoms with Crippen LogP contribution in [-0.2, 0) is 38.2 Å². The minimum atomic E-state index is -4.07. The standard InChI is InChI=1S/C18H24O8S/c1-12-8-10-14(11-9-12)27(22,23)26-13(2)16(19)7-5-6-15(17(20)24-3)18(21)25-4/h8-11,13,15H,5-7H2,1-4H3. The fraction of sp³-hybridized carbons (Fsp3) is 0.500. The molecule has 1 rings (SSSR count). The number of hydrogen-bond acceptors (Lipinski definition) is 8. The van der Waals surface area contributed by atoms with Gasteiger partial charge in [-0.05, 0) is 38.8 Å². The molecule has 1 unspecified atom stereocenters. The van der Waals surface area contributed by atoms with Crippen LogP contribution in [0.25, 0.3) is 0 Å². The van der Waals surface area contributed by atoms with E-state index in [0.29, 0.717) is 0 Å². The highest BCUT2D eigenvalue weighted by Gasteiger charge is 2.29. The largest absolute Gasteiger partial charge is 0.468 e. The Morgan fingerprint density at radius 3 is 2.00 bits per heavy atom. The van der Waals surface area contributed by atoms with Crippen molar-refractivity contribution in [3.8, 4) is 0 Å². The van der Waals surface area contributed by atoms with Crippen LogP contribution in [0.2, 0.25) is 0 Å². The first-order valence-corrected chi connectivity index (χ1v) is 9.71. The van der Waals surface area contributed by atoms with Gasteiger partial charge in [-0.25, -0.2) is 0 Å². The van der Waals surface area contributed by atoms with E-state index >= 15 is 0 Å². The van der Waals surface area contributed by atoms with Gasteiger partial charge >= 0.3 is 11.9 Å². The van der Waals surface area contributed by atoms with Crippen LogP contribution in [0.3, 0.4) is 0 Å². The first kappa shape index (κ1) is 22.8. The van der Waals surface area contributed by atoms with Gasteiger partial charge in [0.2, 0.25) is 0 Å². The molecule has 150 valence electrons. The number of Topliss-reactive ketones (excluding diaryl/α,β-unsaturated/α-hetero) is 1. The van der Waals surface area contributed by atoms with Gasteiger partial charge in [-0.15, -0.1) is 0 Å². The molecule has 0 N–H and O–H groups in total. The second-order valence-corrected chi connectivity index (χ2v) is 7.54. The van der Waals surface area contributed by atoms with Crippen LogP contribution in [0.1, 0.15) is 31.7 Å². The topological polar surface area (TPSA) is 113 Å². The van der Waals surface area contributed by atoms with Crippen LogP contribution in [-0.4, -0.2) is 46.5 Å². The minimum Gasteiger partial charge on any atom is -0.468 e. The van der Waals surface area contributed by atoms with E-state index in [-0.39, 0.29) is 24.2 Å². The summed E-state index contributed by atoms with van der Waals surface area (Å²) in [5, 5.41) is 0. The molecule has 9 heteroatoms. The van der Waals surface area contributed by atoms with Crippen molar-refractivity contribution in [3.63, 3.8) is 0 Å². The van der Waals surface area contributed by atoms with Crippen molar-refractivity contribution in [2.24, 2.45) is 5.92 Å². The zero-order chi connectivity index (χ0) is 20.6. The van der Waals surface area contributed by atoms with E-state index in [1.807, 2.05) is 6.92 Å². The van der Waals surface area contributed by atoms with E-state index in [4.69, 9.17) is 4.18 Å². The quantitative estimate of drug-likeness (QED) is 0.332. The second-order valence-electron chi connectivity index (χ2n) is 5.96. The molecule has 1 aromatic carbocycles. The number of benzene rings is 1. The van der Waals surface area contributed by atoms with Crippen LogP contribution < -0.4 is 0 Å². The molecule has 0 aromatic heterocycles. The summed E-state index contributed by atoms with van der Waals surface area (Å²) in [7, 11) is -1.77. The molecule has 0 saturated heterocycles. The van der Waals surface area contributed by atoms with Crippen LogP contribution in [0, 0.1) is 12.8 Å². The number of ether oxygens (including phenoxy) is 2. The monoisotopic (exact) mass is 400 g/mol. The van der Waals surface area contributed by atoms with Gasteiger partial charge in [-0.3, -0.25) is 18.6 Å². The molecule has 8 nitrogen and oxygen atoms in total. The Bertz CT molecular complexity index is 751. The molecular formula is C18H24O8S. The summed E-state index contributed by atoms with van der Waals surface area (Å²) in [6.07, 6.45) is -1.03. The van der Waals surface area contributed by atoms with Gasteiger partial charge in [0.1, 0.15) is 6.10 Å². The Labute approximate surface area is 158 Å². The molecule has 0 bridgehead atoms. The summed E-state index contributed by atoms with van der Waals surface area (Å²) in [5.41, 5.74) is 0.892. The van der Waals surface area contributed by atoms with Crippen LogP contribution in [0.4, 0.5) is 0 Å². The molecule has 0 spiro atoms. The first-order chi connectivity index (χ1) is 12.6. The molecule has 0 aliphatic carbocycles. The highest BCUT2D eigenvalue weighted by atomic mass is 32.2. The molecule has 1 atom stereocenters. The predicted octanol–water partition coefficient (Wildman–Crippen LogP) is 1.79. The van der Waals surface area contributed by atoms with E-state index in [0.717, 1.165) is 19.8 Å². The van der Waals surface area contributed by atoms with Crippen molar-refractivity contribution >= 4 is 27.8 Å². The summed E-state index contributed by atoms with van der Waals surface area (Å²) in [6.45, 7) is 3.16. The SMILES string of the molecule is COC(=O)C(CCCC(=O)C(C)OS(=O)(=O)c1ccc(C)cc1)C(=O)OC. The maximum absolute atomic E-state index is 12.2. The Hall–Kier alpha value is -2.26. The number of hydrogen-bond donors (Lipinski definition) is 0. The number of aryl methyl sites for hydroxylation is 1. The lowest BCUT2D eigenvalue weighted by Gasteiger charge is -2.14. The molecule has 0 radical (unpaired) electrons. The number of rotatable bonds is 10. The van der Waals surface area contributed by atoms with E-state index in [1.54, 1.807) is 12.1 Å². The van der Waals surface area contributed by atoms with Crippen LogP contribution >= 0.6 is 0 Å². The second kappa shape index (κ2) is 10.2. The van der Waals surface area contributed by atoms with Crippen molar-refractivity contribution in [1.82, 2.24) is 0 Å². The van der Waals surface area contributed by atoms with Gasteiger partial charge in [-0.1, -0.05) is 17.7 Å². The highest BCUT2D eigenvalue weighted by Crippen LogP contribution is 2.18. The van der Waals surface area contributed by atoms with Gasteiger partial charge < -0.3 is 9.47 Å². The zero-order valence-corrected chi connectivity index (χ0v) is 16.6. The van der Waals surface area contributed by atoms with E-state index < -0.39 is 39.9 Å². The molecular weight excluding hydrogens is 376 g/mol. The lowest BCUT2D eigenvalue weighted by atomic mass is 10.00. The normalized spacial score (nSPS) is 12.5. The van der Waals surface area contributed by atoms with E-state index in [1.165, 1.54) is 19.1 Å². The van der Waals surface area contributed by atoms with Gasteiger partial charge in [0, 0.05) is 6.42 Å². The molecule has 0 aliphatic rings. The summed E-state index contributed by atoms with van der Waals surface area (Å²) < 4.78 is 38.4. The Morgan fingerprint density at radius 2 is 1.52 bits per heavy atom. The fourth-order valence-electron chi connectivity index (χ4n) is 2.30. The lowest BCUT2D eigenvalue weighted by Crippen LogP contribution is -2.28. The summed E-state index contributed by atoms with van der Waals surface area (Å²) in [6, 6.07) is 6.06. The molecule has 0 heterocycles. The van der Waals surface area contributed by atoms with Crippen molar-refractivity contribution in [3.05, 3.63) is 29.8 Å². The van der Waals surface area contributed by atoms with E-state index in [2.05, 4.69) is 9.47 Å². The Kier molecular flexibility index (Phi) is 8.58. The van der Waals surface area contributed by atoms with Crippen molar-refractivity contribution in [2.75, 3.05) is 14.2 Å². The number of carbonyl (C=O) groups is 3. The molecule has 27 heavy (non-hydrogen) atoms. The number of ketones is 1. The third-order valence-corrected chi connectivity index (χ3v) is 5.31. The minimum absolute atomic E-state index is 0.0378. The van der Waals surface area contributed by atoms with Gasteiger partial charge in [0.05, 0.1) is 19.1 Å². The average molecular weight is 400 g/mol.